The molecular formula is C16H22N2O2. The summed E-state index contributed by atoms with van der Waals surface area (Å²) >= 11 is 0. The van der Waals surface area contributed by atoms with E-state index in [-0.39, 0.29) is 11.8 Å². The Bertz CT molecular complexity index is 496. The molecule has 2 rings (SSSR count). The topological polar surface area (TPSA) is 49.4 Å². The van der Waals surface area contributed by atoms with Crippen LogP contribution < -0.4 is 5.32 Å². The van der Waals surface area contributed by atoms with Gasteiger partial charge in [-0.25, -0.2) is 0 Å². The molecule has 108 valence electrons. The number of carbonyl (C=O) groups excluding carboxylic acids is 2. The molecule has 0 spiro atoms. The Morgan fingerprint density at radius 2 is 1.85 bits per heavy atom. The zero-order chi connectivity index (χ0) is 14.8. The van der Waals surface area contributed by atoms with Crippen LogP contribution in [0.2, 0.25) is 0 Å². The summed E-state index contributed by atoms with van der Waals surface area (Å²) in [5.74, 6) is -0.115. The second-order valence-corrected chi connectivity index (χ2v) is 5.78. The number of benzene rings is 1. The summed E-state index contributed by atoms with van der Waals surface area (Å²) in [6.45, 7) is 6.21. The summed E-state index contributed by atoms with van der Waals surface area (Å²) in [7, 11) is 0. The molecule has 1 unspecified atom stereocenters. The maximum absolute atomic E-state index is 12.6. The molecule has 1 N–H and O–H groups in total. The normalized spacial score (nSPS) is 21.8. The molecule has 1 fully saturated rings. The number of unbranched alkanes of at least 4 members (excludes halogenated alkanes) is 1. The van der Waals surface area contributed by atoms with Gasteiger partial charge in [-0.1, -0.05) is 43.7 Å². The first kappa shape index (κ1) is 14.6. The highest BCUT2D eigenvalue weighted by atomic mass is 16.2. The molecule has 1 atom stereocenters. The third-order valence-corrected chi connectivity index (χ3v) is 3.66. The van der Waals surface area contributed by atoms with Crippen LogP contribution in [0, 0.1) is 0 Å². The summed E-state index contributed by atoms with van der Waals surface area (Å²) in [5.41, 5.74) is 0.0424. The van der Waals surface area contributed by atoms with E-state index in [0.29, 0.717) is 6.54 Å². The molecule has 0 radical (unpaired) electrons. The van der Waals surface area contributed by atoms with Gasteiger partial charge in [0.2, 0.25) is 11.8 Å². The summed E-state index contributed by atoms with van der Waals surface area (Å²) in [5, 5.41) is 2.83. The SMILES string of the molecule is CCCCN1C(=O)C(C)(C)NC(=O)C1c1ccccc1. The highest BCUT2D eigenvalue weighted by Crippen LogP contribution is 2.29. The van der Waals surface area contributed by atoms with Crippen LogP contribution >= 0.6 is 0 Å². The zero-order valence-electron chi connectivity index (χ0n) is 12.3. The highest BCUT2D eigenvalue weighted by Gasteiger charge is 2.45. The number of carbonyl (C=O) groups is 2. The van der Waals surface area contributed by atoms with Crippen molar-refractivity contribution < 1.29 is 9.59 Å². The number of hydrogen-bond donors (Lipinski definition) is 1. The lowest BCUT2D eigenvalue weighted by atomic mass is 9.93. The van der Waals surface area contributed by atoms with Gasteiger partial charge in [0, 0.05) is 6.54 Å². The maximum atomic E-state index is 12.6. The maximum Gasteiger partial charge on any atom is 0.248 e. The van der Waals surface area contributed by atoms with Crippen molar-refractivity contribution in [1.29, 1.82) is 0 Å². The second kappa shape index (κ2) is 5.65. The summed E-state index contributed by atoms with van der Waals surface area (Å²) in [6, 6.07) is 8.98. The third kappa shape index (κ3) is 2.69. The first-order chi connectivity index (χ1) is 9.47. The molecule has 4 heteroatoms. The fourth-order valence-electron chi connectivity index (χ4n) is 2.57. The molecule has 2 amide bonds. The Hall–Kier alpha value is -1.84. The molecule has 1 heterocycles. The number of rotatable bonds is 4. The van der Waals surface area contributed by atoms with Gasteiger partial charge < -0.3 is 10.2 Å². The van der Waals surface area contributed by atoms with Crippen molar-refractivity contribution in [2.24, 2.45) is 0 Å². The Labute approximate surface area is 120 Å². The number of piperazine rings is 1. The Morgan fingerprint density at radius 1 is 1.20 bits per heavy atom. The molecule has 1 aromatic rings. The van der Waals surface area contributed by atoms with E-state index in [4.69, 9.17) is 0 Å². The molecule has 0 aromatic heterocycles. The average Bonchev–Trinajstić information content (AvgIpc) is 2.41. The van der Waals surface area contributed by atoms with E-state index in [1.807, 2.05) is 30.3 Å². The lowest BCUT2D eigenvalue weighted by Gasteiger charge is -2.43. The monoisotopic (exact) mass is 274 g/mol. The zero-order valence-corrected chi connectivity index (χ0v) is 12.3. The van der Waals surface area contributed by atoms with Crippen molar-refractivity contribution >= 4 is 11.8 Å². The van der Waals surface area contributed by atoms with E-state index in [1.165, 1.54) is 0 Å². The average molecular weight is 274 g/mol. The number of hydrogen-bond acceptors (Lipinski definition) is 2. The number of nitrogens with zero attached hydrogens (tertiary/aromatic N) is 1. The van der Waals surface area contributed by atoms with Crippen LogP contribution in [0.25, 0.3) is 0 Å². The van der Waals surface area contributed by atoms with Crippen LogP contribution in [0.1, 0.15) is 45.2 Å². The molecule has 0 aliphatic carbocycles. The van der Waals surface area contributed by atoms with Crippen molar-refractivity contribution in [2.75, 3.05) is 6.54 Å². The quantitative estimate of drug-likeness (QED) is 0.915. The minimum atomic E-state index is -0.823. The molecule has 1 aromatic carbocycles. The van der Waals surface area contributed by atoms with E-state index in [0.717, 1.165) is 18.4 Å². The Kier molecular flexibility index (Phi) is 4.12. The Balaban J connectivity index is 2.36. The molecule has 1 aliphatic rings. The molecule has 0 saturated carbocycles. The minimum absolute atomic E-state index is 0.0144. The van der Waals surface area contributed by atoms with Crippen LogP contribution in [0.4, 0.5) is 0 Å². The lowest BCUT2D eigenvalue weighted by molar-refractivity contribution is -0.153. The van der Waals surface area contributed by atoms with Gasteiger partial charge in [0.1, 0.15) is 11.6 Å². The van der Waals surface area contributed by atoms with E-state index >= 15 is 0 Å². The van der Waals surface area contributed by atoms with Gasteiger partial charge in [-0.2, -0.15) is 0 Å². The van der Waals surface area contributed by atoms with Gasteiger partial charge in [0.25, 0.3) is 0 Å². The summed E-state index contributed by atoms with van der Waals surface area (Å²) in [4.78, 5) is 26.7. The molecule has 0 bridgehead atoms. The van der Waals surface area contributed by atoms with Crippen LogP contribution in [0.15, 0.2) is 30.3 Å². The molecular weight excluding hydrogens is 252 g/mol. The van der Waals surface area contributed by atoms with Crippen LogP contribution in [0.3, 0.4) is 0 Å². The van der Waals surface area contributed by atoms with Crippen molar-refractivity contribution in [1.82, 2.24) is 10.2 Å². The molecule has 1 aliphatic heterocycles. The first-order valence-corrected chi connectivity index (χ1v) is 7.15. The van der Waals surface area contributed by atoms with Crippen LogP contribution in [-0.2, 0) is 9.59 Å². The smallest absolute Gasteiger partial charge is 0.248 e. The van der Waals surface area contributed by atoms with Gasteiger partial charge in [-0.3, -0.25) is 9.59 Å². The molecule has 20 heavy (non-hydrogen) atoms. The second-order valence-electron chi connectivity index (χ2n) is 5.78. The minimum Gasteiger partial charge on any atom is -0.340 e. The largest absolute Gasteiger partial charge is 0.340 e. The van der Waals surface area contributed by atoms with Gasteiger partial charge in [-0.15, -0.1) is 0 Å². The lowest BCUT2D eigenvalue weighted by Crippen LogP contribution is -2.64. The number of nitrogens with one attached hydrogen (secondary N) is 1. The molecule has 1 saturated heterocycles. The van der Waals surface area contributed by atoms with Gasteiger partial charge in [0.15, 0.2) is 0 Å². The van der Waals surface area contributed by atoms with E-state index in [2.05, 4.69) is 12.2 Å². The Morgan fingerprint density at radius 3 is 2.45 bits per heavy atom. The van der Waals surface area contributed by atoms with Gasteiger partial charge in [0.05, 0.1) is 0 Å². The van der Waals surface area contributed by atoms with Crippen molar-refractivity contribution in [3.63, 3.8) is 0 Å². The fourth-order valence-corrected chi connectivity index (χ4v) is 2.57. The summed E-state index contributed by atoms with van der Waals surface area (Å²) in [6.07, 6.45) is 1.89. The fraction of sp³-hybridized carbons (Fsp3) is 0.500. The van der Waals surface area contributed by atoms with Crippen molar-refractivity contribution in [3.8, 4) is 0 Å². The van der Waals surface area contributed by atoms with E-state index in [9.17, 15) is 9.59 Å². The number of amides is 2. The third-order valence-electron chi connectivity index (χ3n) is 3.66. The van der Waals surface area contributed by atoms with Crippen molar-refractivity contribution in [2.45, 2.75) is 45.2 Å². The van der Waals surface area contributed by atoms with Gasteiger partial charge in [-0.05, 0) is 25.8 Å². The van der Waals surface area contributed by atoms with Gasteiger partial charge >= 0.3 is 0 Å². The first-order valence-electron chi connectivity index (χ1n) is 7.15. The predicted octanol–water partition coefficient (Wildman–Crippen LogP) is 2.26. The summed E-state index contributed by atoms with van der Waals surface area (Å²) < 4.78 is 0. The highest BCUT2D eigenvalue weighted by molar-refractivity contribution is 5.99. The van der Waals surface area contributed by atoms with Crippen LogP contribution in [0.5, 0.6) is 0 Å². The standard InChI is InChI=1S/C16H22N2O2/c1-4-5-11-18-13(12-9-7-6-8-10-12)14(19)17-16(2,3)15(18)20/h6-10,13H,4-5,11H2,1-3H3,(H,17,19). The van der Waals surface area contributed by atoms with Crippen LogP contribution in [-0.4, -0.2) is 28.8 Å². The van der Waals surface area contributed by atoms with E-state index in [1.54, 1.807) is 18.7 Å². The van der Waals surface area contributed by atoms with E-state index < -0.39 is 11.6 Å². The predicted molar refractivity (Wildman–Crippen MR) is 78.0 cm³/mol. The molecule has 4 nitrogen and oxygen atoms in total. The van der Waals surface area contributed by atoms with Crippen molar-refractivity contribution in [3.05, 3.63) is 35.9 Å².